The Kier molecular flexibility index (Phi) is 4.25. The topological polar surface area (TPSA) is 40.2 Å². The Morgan fingerprint density at radius 3 is 2.47 bits per heavy atom. The van der Waals surface area contributed by atoms with Gasteiger partial charge in [-0.05, 0) is 55.3 Å². The molecule has 0 aliphatic carbocycles. The molecule has 3 heterocycles. The van der Waals surface area contributed by atoms with Gasteiger partial charge in [-0.15, -0.1) is 0 Å². The number of hydrogen-bond donors (Lipinski definition) is 0. The van der Waals surface area contributed by atoms with Gasteiger partial charge in [-0.1, -0.05) is 48.5 Å². The number of aromatic nitrogens is 2. The number of ether oxygens (including phenoxy) is 1. The maximum absolute atomic E-state index is 6.39. The van der Waals surface area contributed by atoms with E-state index in [0.717, 1.165) is 39.7 Å². The van der Waals surface area contributed by atoms with Crippen molar-refractivity contribution in [2.24, 2.45) is 0 Å². The van der Waals surface area contributed by atoms with Gasteiger partial charge < -0.3 is 13.7 Å². The minimum absolute atomic E-state index is 0.613. The first-order valence-corrected chi connectivity index (χ1v) is 10.8. The third-order valence-corrected chi connectivity index (χ3v) is 6.26. The summed E-state index contributed by atoms with van der Waals surface area (Å²) >= 11 is 0. The van der Waals surface area contributed by atoms with Crippen molar-refractivity contribution in [3.8, 4) is 11.6 Å². The fraction of sp³-hybridized carbons (Fsp3) is 0.107. The first kappa shape index (κ1) is 18.7. The van der Waals surface area contributed by atoms with Crippen molar-refractivity contribution < 1.29 is 9.15 Å². The van der Waals surface area contributed by atoms with E-state index in [2.05, 4.69) is 59.8 Å². The van der Waals surface area contributed by atoms with Crippen molar-refractivity contribution >= 4 is 32.8 Å². The third-order valence-electron chi connectivity index (χ3n) is 6.26. The molecule has 32 heavy (non-hydrogen) atoms. The van der Waals surface area contributed by atoms with Crippen LogP contribution in [0, 0.1) is 13.8 Å². The van der Waals surface area contributed by atoms with Crippen LogP contribution in [0.15, 0.2) is 89.5 Å². The van der Waals surface area contributed by atoms with Crippen molar-refractivity contribution in [2.45, 2.75) is 20.4 Å². The highest BCUT2D eigenvalue weighted by molar-refractivity contribution is 6.05. The first-order chi connectivity index (χ1) is 15.7. The fourth-order valence-corrected chi connectivity index (χ4v) is 4.48. The molecule has 4 nitrogen and oxygen atoms in total. The van der Waals surface area contributed by atoms with Gasteiger partial charge in [-0.2, -0.15) is 0 Å². The van der Waals surface area contributed by atoms with Crippen molar-refractivity contribution in [2.75, 3.05) is 0 Å². The van der Waals surface area contributed by atoms with Crippen LogP contribution in [0.25, 0.3) is 32.8 Å². The minimum Gasteiger partial charge on any atom is -0.456 e. The number of nitrogens with zero attached hydrogens (tertiary/aromatic N) is 2. The second-order valence-electron chi connectivity index (χ2n) is 8.15. The summed E-state index contributed by atoms with van der Waals surface area (Å²) in [7, 11) is 0. The first-order valence-electron chi connectivity index (χ1n) is 10.8. The number of pyridine rings is 1. The predicted molar refractivity (Wildman–Crippen MR) is 129 cm³/mol. The Morgan fingerprint density at radius 1 is 0.812 bits per heavy atom. The van der Waals surface area contributed by atoms with Crippen LogP contribution in [-0.2, 0) is 6.54 Å². The standard InChI is InChI=1S/C28H22N2O2/c1-18-19(2)30(17-20-8-4-3-5-9-20)27-22(18)14-15-29-28(27)31-21-12-13-26-24(16-21)23-10-6-7-11-25(23)32-26/h3-16H,17H2,1-2H3. The van der Waals surface area contributed by atoms with Crippen molar-refractivity contribution in [3.63, 3.8) is 0 Å². The highest BCUT2D eigenvalue weighted by atomic mass is 16.5. The van der Waals surface area contributed by atoms with Gasteiger partial charge in [0.25, 0.3) is 0 Å². The van der Waals surface area contributed by atoms with E-state index in [1.165, 1.54) is 22.2 Å². The molecule has 0 spiro atoms. The Labute approximate surface area is 185 Å². The molecule has 0 radical (unpaired) electrons. The van der Waals surface area contributed by atoms with Gasteiger partial charge in [-0.25, -0.2) is 4.98 Å². The van der Waals surface area contributed by atoms with Crippen LogP contribution in [0.4, 0.5) is 0 Å². The lowest BCUT2D eigenvalue weighted by Gasteiger charge is -2.12. The molecule has 3 aromatic heterocycles. The van der Waals surface area contributed by atoms with Gasteiger partial charge in [-0.3, -0.25) is 0 Å². The molecule has 6 rings (SSSR count). The highest BCUT2D eigenvalue weighted by Gasteiger charge is 2.17. The quantitative estimate of drug-likeness (QED) is 0.300. The van der Waals surface area contributed by atoms with Crippen molar-refractivity contribution in [1.29, 1.82) is 0 Å². The van der Waals surface area contributed by atoms with Crippen molar-refractivity contribution in [1.82, 2.24) is 9.55 Å². The number of aryl methyl sites for hydroxylation is 1. The Morgan fingerprint density at radius 2 is 1.59 bits per heavy atom. The Balaban J connectivity index is 1.48. The molecule has 0 atom stereocenters. The summed E-state index contributed by atoms with van der Waals surface area (Å²) in [5.41, 5.74) is 6.46. The molecular formula is C28H22N2O2. The van der Waals surface area contributed by atoms with E-state index in [4.69, 9.17) is 9.15 Å². The van der Waals surface area contributed by atoms with Gasteiger partial charge in [0, 0.05) is 34.6 Å². The average molecular weight is 418 g/mol. The highest BCUT2D eigenvalue weighted by Crippen LogP contribution is 2.36. The lowest BCUT2D eigenvalue weighted by atomic mass is 10.1. The minimum atomic E-state index is 0.613. The number of rotatable bonds is 4. The molecule has 0 saturated heterocycles. The van der Waals surface area contributed by atoms with Crippen molar-refractivity contribution in [3.05, 3.63) is 102 Å². The normalized spacial score (nSPS) is 11.6. The number of fused-ring (bicyclic) bond motifs is 4. The molecular weight excluding hydrogens is 396 g/mol. The molecule has 0 fully saturated rings. The monoisotopic (exact) mass is 418 g/mol. The van der Waals surface area contributed by atoms with E-state index in [-0.39, 0.29) is 0 Å². The maximum Gasteiger partial charge on any atom is 0.244 e. The largest absolute Gasteiger partial charge is 0.456 e. The number of hydrogen-bond acceptors (Lipinski definition) is 3. The third kappa shape index (κ3) is 2.95. The maximum atomic E-state index is 6.39. The Hall–Kier alpha value is -4.05. The van der Waals surface area contributed by atoms with Crippen LogP contribution in [0.3, 0.4) is 0 Å². The lowest BCUT2D eigenvalue weighted by Crippen LogP contribution is -2.03. The van der Waals surface area contributed by atoms with Crippen LogP contribution in [-0.4, -0.2) is 9.55 Å². The van der Waals surface area contributed by atoms with E-state index in [1.807, 2.05) is 48.7 Å². The summed E-state index contributed by atoms with van der Waals surface area (Å²) in [6, 6.07) is 26.6. The molecule has 0 amide bonds. The summed E-state index contributed by atoms with van der Waals surface area (Å²) in [4.78, 5) is 4.62. The molecule has 4 heteroatoms. The summed E-state index contributed by atoms with van der Waals surface area (Å²) in [5.74, 6) is 1.36. The van der Waals surface area contributed by atoms with Gasteiger partial charge in [0.15, 0.2) is 0 Å². The predicted octanol–water partition coefficient (Wildman–Crippen LogP) is 7.39. The van der Waals surface area contributed by atoms with Gasteiger partial charge in [0.2, 0.25) is 5.88 Å². The van der Waals surface area contributed by atoms with E-state index >= 15 is 0 Å². The summed E-state index contributed by atoms with van der Waals surface area (Å²) in [5, 5.41) is 3.29. The average Bonchev–Trinajstić information content (AvgIpc) is 3.31. The molecule has 156 valence electrons. The SMILES string of the molecule is Cc1c(C)n(Cc2ccccc2)c2c(Oc3ccc4oc5ccccc5c4c3)nccc12. The number of para-hydroxylation sites is 1. The van der Waals surface area contributed by atoms with Crippen LogP contribution >= 0.6 is 0 Å². The van der Waals surface area contributed by atoms with Crippen LogP contribution in [0.2, 0.25) is 0 Å². The van der Waals surface area contributed by atoms with E-state index < -0.39 is 0 Å². The molecule has 0 saturated carbocycles. The van der Waals surface area contributed by atoms with E-state index in [0.29, 0.717) is 5.88 Å². The molecule has 0 aliphatic heterocycles. The molecule has 0 bridgehead atoms. The Bertz CT molecular complexity index is 1590. The summed E-state index contributed by atoms with van der Waals surface area (Å²) in [6.45, 7) is 5.09. The zero-order valence-electron chi connectivity index (χ0n) is 18.0. The molecule has 6 aromatic rings. The molecule has 0 N–H and O–H groups in total. The molecule has 0 aliphatic rings. The zero-order valence-corrected chi connectivity index (χ0v) is 18.0. The summed E-state index contributed by atoms with van der Waals surface area (Å²) in [6.07, 6.45) is 1.82. The van der Waals surface area contributed by atoms with E-state index in [1.54, 1.807) is 0 Å². The van der Waals surface area contributed by atoms with Crippen LogP contribution in [0.1, 0.15) is 16.8 Å². The zero-order chi connectivity index (χ0) is 21.7. The second-order valence-corrected chi connectivity index (χ2v) is 8.15. The van der Waals surface area contributed by atoms with Gasteiger partial charge in [0.05, 0.1) is 0 Å². The van der Waals surface area contributed by atoms with Gasteiger partial charge >= 0.3 is 0 Å². The molecule has 0 unspecified atom stereocenters. The fourth-order valence-electron chi connectivity index (χ4n) is 4.48. The second kappa shape index (κ2) is 7.27. The van der Waals surface area contributed by atoms with Crippen LogP contribution in [0.5, 0.6) is 11.6 Å². The number of benzene rings is 3. The summed E-state index contributed by atoms with van der Waals surface area (Å²) < 4.78 is 14.6. The number of furan rings is 1. The van der Waals surface area contributed by atoms with Crippen LogP contribution < -0.4 is 4.74 Å². The van der Waals surface area contributed by atoms with E-state index in [9.17, 15) is 0 Å². The smallest absolute Gasteiger partial charge is 0.244 e. The van der Waals surface area contributed by atoms with Gasteiger partial charge in [0.1, 0.15) is 22.4 Å². The lowest BCUT2D eigenvalue weighted by molar-refractivity contribution is 0.466. The molecule has 3 aromatic carbocycles.